The summed E-state index contributed by atoms with van der Waals surface area (Å²) in [4.78, 5) is 4.45. The van der Waals surface area contributed by atoms with E-state index in [1.165, 1.54) is 32.1 Å². The van der Waals surface area contributed by atoms with Crippen molar-refractivity contribution in [3.8, 4) is 0 Å². The Morgan fingerprint density at radius 1 is 1.14 bits per heavy atom. The first kappa shape index (κ1) is 26.8. The third-order valence-electron chi connectivity index (χ3n) is 4.98. The highest BCUT2D eigenvalue weighted by Crippen LogP contribution is 2.21. The summed E-state index contributed by atoms with van der Waals surface area (Å²) < 4.78 is 0. The van der Waals surface area contributed by atoms with Crippen LogP contribution >= 0.6 is 0 Å². The minimum Gasteiger partial charge on any atom is -0.374 e. The number of anilines is 1. The smallest absolute Gasteiger partial charge is 0.134 e. The number of hydrogen-bond donors (Lipinski definition) is 4. The number of nitrogens with one attached hydrogen (secondary N) is 3. The van der Waals surface area contributed by atoms with Gasteiger partial charge in [-0.05, 0) is 51.3 Å². The van der Waals surface area contributed by atoms with Crippen LogP contribution in [0.3, 0.4) is 0 Å². The second-order valence-electron chi connectivity index (χ2n) is 6.96. The zero-order valence-corrected chi connectivity index (χ0v) is 19.4. The van der Waals surface area contributed by atoms with Gasteiger partial charge in [0.25, 0.3) is 0 Å². The Kier molecular flexibility index (Phi) is 16.1. The molecule has 1 fully saturated rings. The van der Waals surface area contributed by atoms with Crippen molar-refractivity contribution in [3.63, 3.8) is 0 Å². The summed E-state index contributed by atoms with van der Waals surface area (Å²) in [7, 11) is 1.75. The molecule has 5 nitrogen and oxygen atoms in total. The van der Waals surface area contributed by atoms with Gasteiger partial charge in [-0.3, -0.25) is 5.32 Å². The van der Waals surface area contributed by atoms with Crippen LogP contribution in [-0.4, -0.2) is 35.8 Å². The Balaban J connectivity index is 0.00000171. The molecule has 0 aromatic carbocycles. The number of rotatable bonds is 9. The van der Waals surface area contributed by atoms with E-state index in [1.807, 2.05) is 46.9 Å². The summed E-state index contributed by atoms with van der Waals surface area (Å²) in [5.41, 5.74) is 1.86. The van der Waals surface area contributed by atoms with E-state index in [-0.39, 0.29) is 0 Å². The fraction of sp³-hybridized carbons (Fsp3) is 0.783. The zero-order valence-electron chi connectivity index (χ0n) is 19.4. The fourth-order valence-electron chi connectivity index (χ4n) is 3.48. The van der Waals surface area contributed by atoms with E-state index in [4.69, 9.17) is 0 Å². The molecule has 0 amide bonds. The molecule has 1 aromatic rings. The summed E-state index contributed by atoms with van der Waals surface area (Å²) in [5, 5.41) is 20.2. The monoisotopic (exact) mass is 394 g/mol. The van der Waals surface area contributed by atoms with Crippen molar-refractivity contribution in [1.82, 2.24) is 15.6 Å². The maximum Gasteiger partial charge on any atom is 0.134 e. The molecule has 0 aliphatic heterocycles. The molecular formula is C23H46N4O. The highest BCUT2D eigenvalue weighted by molar-refractivity contribution is 5.46. The third-order valence-corrected chi connectivity index (χ3v) is 4.98. The van der Waals surface area contributed by atoms with Gasteiger partial charge < -0.3 is 15.7 Å². The first-order valence-corrected chi connectivity index (χ1v) is 11.5. The van der Waals surface area contributed by atoms with Gasteiger partial charge in [0.2, 0.25) is 0 Å². The number of aliphatic hydroxyl groups is 1. The molecule has 1 heterocycles. The summed E-state index contributed by atoms with van der Waals surface area (Å²) in [6.07, 6.45) is 10.1. The van der Waals surface area contributed by atoms with Gasteiger partial charge in [0.15, 0.2) is 0 Å². The number of aliphatic hydroxyl groups excluding tert-OH is 1. The van der Waals surface area contributed by atoms with Crippen LogP contribution in [0.4, 0.5) is 5.82 Å². The standard InChI is InChI=1S/C19H34N4O.2C2H6/c1-4-15(23-16-8-6-5-7-9-16)10-11-21-18-17(19(24)20-3)12-14(2)13-22-18;2*1-2/h12-13,15-16,19-20,23-24H,4-11H2,1-3H3,(H,21,22);2*1-2H3/t15-,19?;;/m1../s1. The topological polar surface area (TPSA) is 69.2 Å². The lowest BCUT2D eigenvalue weighted by atomic mass is 9.94. The van der Waals surface area contributed by atoms with Crippen LogP contribution < -0.4 is 16.0 Å². The predicted molar refractivity (Wildman–Crippen MR) is 123 cm³/mol. The maximum absolute atomic E-state index is 10.1. The lowest BCUT2D eigenvalue weighted by Crippen LogP contribution is -2.40. The van der Waals surface area contributed by atoms with Gasteiger partial charge >= 0.3 is 0 Å². The van der Waals surface area contributed by atoms with Crippen LogP contribution in [0.1, 0.15) is 96.9 Å². The Morgan fingerprint density at radius 3 is 2.36 bits per heavy atom. The normalized spacial score (nSPS) is 16.1. The van der Waals surface area contributed by atoms with Crippen molar-refractivity contribution < 1.29 is 5.11 Å². The molecule has 0 spiro atoms. The molecule has 0 saturated heterocycles. The lowest BCUT2D eigenvalue weighted by Gasteiger charge is -2.28. The van der Waals surface area contributed by atoms with E-state index in [9.17, 15) is 5.11 Å². The minimum absolute atomic E-state index is 0.545. The Bertz CT molecular complexity index is 489. The number of nitrogens with zero attached hydrogens (tertiary/aromatic N) is 1. The second-order valence-corrected chi connectivity index (χ2v) is 6.96. The molecule has 2 atom stereocenters. The molecule has 1 aromatic heterocycles. The van der Waals surface area contributed by atoms with Crippen molar-refractivity contribution in [2.45, 2.75) is 105 Å². The lowest BCUT2D eigenvalue weighted by molar-refractivity contribution is 0.149. The van der Waals surface area contributed by atoms with Crippen LogP contribution in [0.15, 0.2) is 12.3 Å². The molecular weight excluding hydrogens is 348 g/mol. The molecule has 1 aliphatic carbocycles. The average Bonchev–Trinajstić information content (AvgIpc) is 2.76. The van der Waals surface area contributed by atoms with Crippen LogP contribution in [-0.2, 0) is 0 Å². The van der Waals surface area contributed by atoms with E-state index in [1.54, 1.807) is 7.05 Å². The van der Waals surface area contributed by atoms with Crippen molar-refractivity contribution in [1.29, 1.82) is 0 Å². The number of pyridine rings is 1. The zero-order chi connectivity index (χ0) is 21.4. The van der Waals surface area contributed by atoms with E-state index >= 15 is 0 Å². The molecule has 28 heavy (non-hydrogen) atoms. The van der Waals surface area contributed by atoms with Crippen LogP contribution in [0.25, 0.3) is 0 Å². The van der Waals surface area contributed by atoms with E-state index in [0.717, 1.165) is 36.3 Å². The molecule has 1 aliphatic rings. The number of hydrogen-bond acceptors (Lipinski definition) is 5. The Morgan fingerprint density at radius 2 is 1.79 bits per heavy atom. The first-order valence-electron chi connectivity index (χ1n) is 11.5. The number of aryl methyl sites for hydroxylation is 1. The van der Waals surface area contributed by atoms with Crippen LogP contribution in [0.2, 0.25) is 0 Å². The van der Waals surface area contributed by atoms with Crippen LogP contribution in [0, 0.1) is 6.92 Å². The van der Waals surface area contributed by atoms with Gasteiger partial charge in [-0.15, -0.1) is 0 Å². The molecule has 1 unspecified atom stereocenters. The SMILES string of the molecule is CC.CC.CC[C@H](CCNc1ncc(C)cc1C(O)NC)NC1CCCCC1. The fourth-order valence-corrected chi connectivity index (χ4v) is 3.48. The quantitative estimate of drug-likeness (QED) is 0.436. The maximum atomic E-state index is 10.1. The highest BCUT2D eigenvalue weighted by atomic mass is 16.3. The molecule has 0 bridgehead atoms. The van der Waals surface area contributed by atoms with Gasteiger partial charge in [-0.25, -0.2) is 4.98 Å². The summed E-state index contributed by atoms with van der Waals surface area (Å²) in [5.74, 6) is 0.773. The summed E-state index contributed by atoms with van der Waals surface area (Å²) in [6.45, 7) is 13.1. The first-order chi connectivity index (χ1) is 13.6. The average molecular weight is 395 g/mol. The largest absolute Gasteiger partial charge is 0.374 e. The van der Waals surface area contributed by atoms with Gasteiger partial charge in [-0.2, -0.15) is 0 Å². The summed E-state index contributed by atoms with van der Waals surface area (Å²) >= 11 is 0. The van der Waals surface area contributed by atoms with Gasteiger partial charge in [0.1, 0.15) is 12.0 Å². The van der Waals surface area contributed by atoms with Crippen molar-refractivity contribution in [3.05, 3.63) is 23.4 Å². The van der Waals surface area contributed by atoms with E-state index in [2.05, 4.69) is 27.9 Å². The molecule has 2 rings (SSSR count). The van der Waals surface area contributed by atoms with Crippen molar-refractivity contribution in [2.75, 3.05) is 18.9 Å². The van der Waals surface area contributed by atoms with E-state index in [0.29, 0.717) is 12.1 Å². The molecule has 4 N–H and O–H groups in total. The predicted octanol–water partition coefficient (Wildman–Crippen LogP) is 5.16. The van der Waals surface area contributed by atoms with Crippen molar-refractivity contribution >= 4 is 5.82 Å². The second kappa shape index (κ2) is 16.8. The van der Waals surface area contributed by atoms with Crippen LogP contribution in [0.5, 0.6) is 0 Å². The highest BCUT2D eigenvalue weighted by Gasteiger charge is 2.17. The van der Waals surface area contributed by atoms with E-state index < -0.39 is 6.23 Å². The molecule has 164 valence electrons. The van der Waals surface area contributed by atoms with Gasteiger partial charge in [0, 0.05) is 30.4 Å². The van der Waals surface area contributed by atoms with Gasteiger partial charge in [0.05, 0.1) is 0 Å². The summed E-state index contributed by atoms with van der Waals surface area (Å²) in [6, 6.07) is 3.22. The molecule has 5 heteroatoms. The molecule has 1 saturated carbocycles. The minimum atomic E-state index is -0.692. The van der Waals surface area contributed by atoms with Gasteiger partial charge in [-0.1, -0.05) is 53.9 Å². The number of aromatic nitrogens is 1. The Labute approximate surface area is 174 Å². The van der Waals surface area contributed by atoms with Crippen molar-refractivity contribution in [2.24, 2.45) is 0 Å². The third kappa shape index (κ3) is 9.85. The Hall–Kier alpha value is -1.17. The molecule has 0 radical (unpaired) electrons.